The van der Waals surface area contributed by atoms with Crippen molar-refractivity contribution in [3.05, 3.63) is 23.8 Å². The number of phenols is 1. The highest BCUT2D eigenvalue weighted by molar-refractivity contribution is 5.97. The number of amides is 1. The molecule has 0 aliphatic carbocycles. The molecule has 4 nitrogen and oxygen atoms in total. The van der Waals surface area contributed by atoms with Crippen LogP contribution in [0, 0.1) is 12.8 Å². The van der Waals surface area contributed by atoms with Crippen LogP contribution in [0.15, 0.2) is 18.2 Å². The molecule has 1 aliphatic rings. The zero-order valence-corrected chi connectivity index (χ0v) is 9.18. The molecular weight excluding hydrogens is 206 g/mol. The lowest BCUT2D eigenvalue weighted by molar-refractivity contribution is -0.117. The zero-order valence-electron chi connectivity index (χ0n) is 9.18. The number of aliphatic hydroxyl groups excluding tert-OH is 1. The Balaban J connectivity index is 2.28. The second kappa shape index (κ2) is 4.14. The van der Waals surface area contributed by atoms with E-state index >= 15 is 0 Å². The Morgan fingerprint density at radius 1 is 1.50 bits per heavy atom. The van der Waals surface area contributed by atoms with Crippen molar-refractivity contribution >= 4 is 11.6 Å². The number of anilines is 1. The predicted molar refractivity (Wildman–Crippen MR) is 60.4 cm³/mol. The summed E-state index contributed by atoms with van der Waals surface area (Å²) >= 11 is 0. The minimum absolute atomic E-state index is 0.00879. The van der Waals surface area contributed by atoms with Crippen LogP contribution >= 0.6 is 0 Å². The summed E-state index contributed by atoms with van der Waals surface area (Å²) in [6, 6.07) is 5.23. The minimum Gasteiger partial charge on any atom is -0.506 e. The van der Waals surface area contributed by atoms with Crippen molar-refractivity contribution in [3.8, 4) is 5.75 Å². The van der Waals surface area contributed by atoms with Crippen molar-refractivity contribution in [3.63, 3.8) is 0 Å². The molecule has 0 spiro atoms. The Kier molecular flexibility index (Phi) is 2.83. The molecule has 1 amide bonds. The van der Waals surface area contributed by atoms with Crippen molar-refractivity contribution in [2.75, 3.05) is 18.1 Å². The molecule has 1 aliphatic heterocycles. The van der Waals surface area contributed by atoms with Gasteiger partial charge in [-0.05, 0) is 24.6 Å². The molecule has 86 valence electrons. The van der Waals surface area contributed by atoms with E-state index in [2.05, 4.69) is 0 Å². The number of aromatic hydroxyl groups is 1. The summed E-state index contributed by atoms with van der Waals surface area (Å²) in [5.41, 5.74) is 1.48. The molecule has 1 aromatic rings. The molecule has 0 saturated carbocycles. The Bertz CT molecular complexity index is 417. The van der Waals surface area contributed by atoms with Crippen molar-refractivity contribution in [2.24, 2.45) is 5.92 Å². The fraction of sp³-hybridized carbons (Fsp3) is 0.417. The van der Waals surface area contributed by atoms with Gasteiger partial charge in [0, 0.05) is 25.5 Å². The number of phenolic OH excluding ortho intramolecular Hbond substituents is 1. The first kappa shape index (κ1) is 11.0. The summed E-state index contributed by atoms with van der Waals surface area (Å²) < 4.78 is 0. The highest BCUT2D eigenvalue weighted by Crippen LogP contribution is 2.32. The lowest BCUT2D eigenvalue weighted by Crippen LogP contribution is -2.24. The third-order valence-electron chi connectivity index (χ3n) is 2.89. The molecule has 1 aromatic carbocycles. The van der Waals surface area contributed by atoms with Crippen LogP contribution in [0.25, 0.3) is 0 Å². The summed E-state index contributed by atoms with van der Waals surface area (Å²) in [4.78, 5) is 13.2. The highest BCUT2D eigenvalue weighted by Gasteiger charge is 2.31. The van der Waals surface area contributed by atoms with E-state index < -0.39 is 0 Å². The van der Waals surface area contributed by atoms with Gasteiger partial charge >= 0.3 is 0 Å². The monoisotopic (exact) mass is 221 g/mol. The molecule has 1 atom stereocenters. The molecule has 16 heavy (non-hydrogen) atoms. The molecule has 1 saturated heterocycles. The molecule has 0 bridgehead atoms. The maximum absolute atomic E-state index is 11.7. The first-order chi connectivity index (χ1) is 7.61. The topological polar surface area (TPSA) is 60.8 Å². The SMILES string of the molecule is Cc1ccc(N2CC(CO)CC2=O)c(O)c1. The van der Waals surface area contributed by atoms with Crippen LogP contribution in [-0.4, -0.2) is 29.3 Å². The van der Waals surface area contributed by atoms with Crippen LogP contribution in [-0.2, 0) is 4.79 Å². The maximum Gasteiger partial charge on any atom is 0.227 e. The van der Waals surface area contributed by atoms with Crippen molar-refractivity contribution < 1.29 is 15.0 Å². The van der Waals surface area contributed by atoms with Crippen LogP contribution in [0.3, 0.4) is 0 Å². The van der Waals surface area contributed by atoms with E-state index in [0.29, 0.717) is 18.7 Å². The maximum atomic E-state index is 11.7. The normalized spacial score (nSPS) is 20.5. The van der Waals surface area contributed by atoms with E-state index in [1.807, 2.05) is 13.0 Å². The summed E-state index contributed by atoms with van der Waals surface area (Å²) in [7, 11) is 0. The number of aliphatic hydroxyl groups is 1. The molecule has 2 N–H and O–H groups in total. The second-order valence-corrected chi connectivity index (χ2v) is 4.25. The Morgan fingerprint density at radius 3 is 2.81 bits per heavy atom. The molecular formula is C12H15NO3. The first-order valence-electron chi connectivity index (χ1n) is 5.32. The number of hydrogen-bond donors (Lipinski definition) is 2. The van der Waals surface area contributed by atoms with Gasteiger partial charge in [0.25, 0.3) is 0 Å². The van der Waals surface area contributed by atoms with Crippen molar-refractivity contribution in [1.29, 1.82) is 0 Å². The molecule has 1 heterocycles. The quantitative estimate of drug-likeness (QED) is 0.784. The molecule has 1 unspecified atom stereocenters. The standard InChI is InChI=1S/C12H15NO3/c1-8-2-3-10(11(15)4-8)13-6-9(7-14)5-12(13)16/h2-4,9,14-15H,5-7H2,1H3. The second-order valence-electron chi connectivity index (χ2n) is 4.25. The van der Waals surface area contributed by atoms with Crippen LogP contribution in [0.2, 0.25) is 0 Å². The Labute approximate surface area is 94.1 Å². The summed E-state index contributed by atoms with van der Waals surface area (Å²) in [6.45, 7) is 2.37. The summed E-state index contributed by atoms with van der Waals surface area (Å²) in [5, 5.41) is 18.8. The van der Waals surface area contributed by atoms with Gasteiger partial charge in [0.05, 0.1) is 5.69 Å². The number of rotatable bonds is 2. The third kappa shape index (κ3) is 1.88. The fourth-order valence-corrected chi connectivity index (χ4v) is 2.00. The Hall–Kier alpha value is -1.55. The predicted octanol–water partition coefficient (Wildman–Crippen LogP) is 1.05. The van der Waals surface area contributed by atoms with Crippen molar-refractivity contribution in [2.45, 2.75) is 13.3 Å². The van der Waals surface area contributed by atoms with Gasteiger partial charge in [0.1, 0.15) is 5.75 Å². The van der Waals surface area contributed by atoms with E-state index in [0.717, 1.165) is 5.56 Å². The zero-order chi connectivity index (χ0) is 11.7. The summed E-state index contributed by atoms with van der Waals surface area (Å²) in [5.74, 6) is 0.0540. The molecule has 1 fully saturated rings. The van der Waals surface area contributed by atoms with Crippen molar-refractivity contribution in [1.82, 2.24) is 0 Å². The number of benzene rings is 1. The van der Waals surface area contributed by atoms with Gasteiger partial charge < -0.3 is 15.1 Å². The third-order valence-corrected chi connectivity index (χ3v) is 2.89. The van der Waals surface area contributed by atoms with Gasteiger partial charge in [-0.3, -0.25) is 4.79 Å². The van der Waals surface area contributed by atoms with Gasteiger partial charge in [-0.25, -0.2) is 0 Å². The average molecular weight is 221 g/mol. The molecule has 0 radical (unpaired) electrons. The van der Waals surface area contributed by atoms with E-state index in [4.69, 9.17) is 5.11 Å². The van der Waals surface area contributed by atoms with Gasteiger partial charge in [-0.2, -0.15) is 0 Å². The van der Waals surface area contributed by atoms with E-state index in [-0.39, 0.29) is 24.2 Å². The highest BCUT2D eigenvalue weighted by atomic mass is 16.3. The lowest BCUT2D eigenvalue weighted by Gasteiger charge is -2.18. The van der Waals surface area contributed by atoms with Gasteiger partial charge in [0.2, 0.25) is 5.91 Å². The number of carbonyl (C=O) groups is 1. The summed E-state index contributed by atoms with van der Waals surface area (Å²) in [6.07, 6.45) is 0.351. The van der Waals surface area contributed by atoms with E-state index in [1.54, 1.807) is 12.1 Å². The van der Waals surface area contributed by atoms with Crippen LogP contribution in [0.5, 0.6) is 5.75 Å². The molecule has 4 heteroatoms. The molecule has 2 rings (SSSR count). The van der Waals surface area contributed by atoms with Gasteiger partial charge in [-0.15, -0.1) is 0 Å². The van der Waals surface area contributed by atoms with Crippen LogP contribution < -0.4 is 4.90 Å². The number of aryl methyl sites for hydroxylation is 1. The van der Waals surface area contributed by atoms with Crippen LogP contribution in [0.1, 0.15) is 12.0 Å². The first-order valence-corrected chi connectivity index (χ1v) is 5.32. The molecule has 0 aromatic heterocycles. The number of hydrogen-bond acceptors (Lipinski definition) is 3. The van der Waals surface area contributed by atoms with Gasteiger partial charge in [0.15, 0.2) is 0 Å². The van der Waals surface area contributed by atoms with Gasteiger partial charge in [-0.1, -0.05) is 6.07 Å². The fourth-order valence-electron chi connectivity index (χ4n) is 2.00. The van der Waals surface area contributed by atoms with E-state index in [1.165, 1.54) is 4.90 Å². The van der Waals surface area contributed by atoms with Crippen LogP contribution in [0.4, 0.5) is 5.69 Å². The smallest absolute Gasteiger partial charge is 0.227 e. The lowest BCUT2D eigenvalue weighted by atomic mass is 10.1. The number of nitrogens with zero attached hydrogens (tertiary/aromatic N) is 1. The minimum atomic E-state index is -0.0433. The number of carbonyl (C=O) groups excluding carboxylic acids is 1. The largest absolute Gasteiger partial charge is 0.506 e. The van der Waals surface area contributed by atoms with E-state index in [9.17, 15) is 9.90 Å². The average Bonchev–Trinajstić information content (AvgIpc) is 2.60. The Morgan fingerprint density at radius 2 is 2.25 bits per heavy atom.